The van der Waals surface area contributed by atoms with Crippen LogP contribution in [-0.4, -0.2) is 33.2 Å². The highest BCUT2D eigenvalue weighted by atomic mass is 16.4. The molecule has 0 rings (SSSR count). The van der Waals surface area contributed by atoms with Crippen LogP contribution in [0.3, 0.4) is 0 Å². The standard InChI is InChI=1S/3C3H4O2.3C2H4/c3*1-2-3(4)5;3*1-2/h3*2H,1H2,(H,4,5);3*1-2H2. The van der Waals surface area contributed by atoms with Crippen molar-refractivity contribution >= 4 is 17.9 Å². The molecular formula is C15H24O6. The minimum absolute atomic E-state index is 0.833. The summed E-state index contributed by atoms with van der Waals surface area (Å²) in [5.41, 5.74) is 0. The average Bonchev–Trinajstić information content (AvgIpc) is 2.54. The molecule has 0 aromatic rings. The van der Waals surface area contributed by atoms with E-state index in [4.69, 9.17) is 15.3 Å². The highest BCUT2D eigenvalue weighted by molar-refractivity contribution is 5.79. The van der Waals surface area contributed by atoms with Gasteiger partial charge in [0.05, 0.1) is 0 Å². The molecule has 0 amide bonds. The maximum atomic E-state index is 9.25. The highest BCUT2D eigenvalue weighted by Crippen LogP contribution is 1.55. The topological polar surface area (TPSA) is 112 Å². The predicted molar refractivity (Wildman–Crippen MR) is 87.3 cm³/mol. The van der Waals surface area contributed by atoms with Crippen LogP contribution in [-0.2, 0) is 14.4 Å². The number of hydrogen-bond acceptors (Lipinski definition) is 3. The van der Waals surface area contributed by atoms with Gasteiger partial charge in [-0.2, -0.15) is 0 Å². The largest absolute Gasteiger partial charge is 0.478 e. The van der Waals surface area contributed by atoms with E-state index in [9.17, 15) is 14.4 Å². The Morgan fingerprint density at radius 1 is 0.524 bits per heavy atom. The van der Waals surface area contributed by atoms with Crippen molar-refractivity contribution in [2.75, 3.05) is 0 Å². The first kappa shape index (κ1) is 36.1. The van der Waals surface area contributed by atoms with E-state index in [2.05, 4.69) is 59.2 Å². The Morgan fingerprint density at radius 2 is 0.571 bits per heavy atom. The SMILES string of the molecule is C=C.C=C.C=C.C=CC(=O)O.C=CC(=O)O.C=CC(=O)O. The van der Waals surface area contributed by atoms with E-state index in [1.54, 1.807) is 0 Å². The molecule has 0 aromatic heterocycles. The van der Waals surface area contributed by atoms with E-state index < -0.39 is 17.9 Å². The maximum Gasteiger partial charge on any atom is 0.327 e. The summed E-state index contributed by atoms with van der Waals surface area (Å²) in [5.74, 6) is -2.94. The molecule has 0 bridgehead atoms. The van der Waals surface area contributed by atoms with E-state index in [1.165, 1.54) is 0 Å². The van der Waals surface area contributed by atoms with Crippen LogP contribution >= 0.6 is 0 Å². The molecule has 0 spiro atoms. The van der Waals surface area contributed by atoms with Crippen molar-refractivity contribution in [2.24, 2.45) is 0 Å². The third kappa shape index (κ3) is 457. The number of carbonyl (C=O) groups is 3. The van der Waals surface area contributed by atoms with Gasteiger partial charge in [0, 0.05) is 18.2 Å². The number of rotatable bonds is 3. The van der Waals surface area contributed by atoms with Gasteiger partial charge in [-0.1, -0.05) is 19.7 Å². The fourth-order valence-corrected chi connectivity index (χ4v) is 0. The van der Waals surface area contributed by atoms with Gasteiger partial charge in [0.15, 0.2) is 0 Å². The molecule has 120 valence electrons. The molecule has 0 aliphatic rings. The zero-order valence-electron chi connectivity index (χ0n) is 12.2. The van der Waals surface area contributed by atoms with Gasteiger partial charge in [-0.15, -0.1) is 39.5 Å². The van der Waals surface area contributed by atoms with Crippen molar-refractivity contribution in [1.82, 2.24) is 0 Å². The molecule has 6 heteroatoms. The Hall–Kier alpha value is -3.15. The second kappa shape index (κ2) is 54.0. The zero-order valence-corrected chi connectivity index (χ0v) is 12.2. The Morgan fingerprint density at radius 3 is 0.571 bits per heavy atom. The van der Waals surface area contributed by atoms with Crippen LogP contribution in [0.5, 0.6) is 0 Å². The lowest BCUT2D eigenvalue weighted by molar-refractivity contribution is -0.132. The Labute approximate surface area is 126 Å². The molecule has 0 radical (unpaired) electrons. The van der Waals surface area contributed by atoms with E-state index in [0.29, 0.717) is 0 Å². The lowest BCUT2D eigenvalue weighted by Crippen LogP contribution is -1.82. The summed E-state index contributed by atoms with van der Waals surface area (Å²) in [5, 5.41) is 22.8. The summed E-state index contributed by atoms with van der Waals surface area (Å²) in [7, 11) is 0. The maximum absolute atomic E-state index is 9.25. The van der Waals surface area contributed by atoms with Gasteiger partial charge < -0.3 is 15.3 Å². The smallest absolute Gasteiger partial charge is 0.327 e. The highest BCUT2D eigenvalue weighted by Gasteiger charge is 1.74. The fourth-order valence-electron chi connectivity index (χ4n) is 0. The first-order chi connectivity index (χ1) is 9.81. The van der Waals surface area contributed by atoms with E-state index in [1.807, 2.05) is 0 Å². The summed E-state index contributed by atoms with van der Waals surface area (Å²) < 4.78 is 0. The van der Waals surface area contributed by atoms with Crippen LogP contribution in [0.1, 0.15) is 0 Å². The van der Waals surface area contributed by atoms with Gasteiger partial charge >= 0.3 is 17.9 Å². The van der Waals surface area contributed by atoms with E-state index in [0.717, 1.165) is 18.2 Å². The van der Waals surface area contributed by atoms with Crippen molar-refractivity contribution in [2.45, 2.75) is 0 Å². The van der Waals surface area contributed by atoms with E-state index in [-0.39, 0.29) is 0 Å². The van der Waals surface area contributed by atoms with Gasteiger partial charge in [-0.05, 0) is 0 Å². The van der Waals surface area contributed by atoms with Gasteiger partial charge in [-0.25, -0.2) is 14.4 Å². The monoisotopic (exact) mass is 300 g/mol. The lowest BCUT2D eigenvalue weighted by atomic mass is 10.7. The Kier molecular flexibility index (Phi) is 92.9. The molecule has 0 fully saturated rings. The normalized spacial score (nSPS) is 5.14. The van der Waals surface area contributed by atoms with Crippen molar-refractivity contribution in [3.8, 4) is 0 Å². The molecule has 0 aromatic carbocycles. The van der Waals surface area contributed by atoms with Crippen molar-refractivity contribution in [1.29, 1.82) is 0 Å². The second-order valence-corrected chi connectivity index (χ2v) is 1.63. The molecule has 0 saturated carbocycles. The molecule has 0 aliphatic carbocycles. The minimum atomic E-state index is -0.981. The summed E-state index contributed by atoms with van der Waals surface area (Å²) in [6, 6.07) is 0. The van der Waals surface area contributed by atoms with Gasteiger partial charge in [0.1, 0.15) is 0 Å². The molecule has 0 heterocycles. The van der Waals surface area contributed by atoms with Crippen LogP contribution in [0, 0.1) is 0 Å². The van der Waals surface area contributed by atoms with Crippen LogP contribution in [0.25, 0.3) is 0 Å². The van der Waals surface area contributed by atoms with Crippen molar-refractivity contribution in [3.63, 3.8) is 0 Å². The van der Waals surface area contributed by atoms with Gasteiger partial charge in [0.2, 0.25) is 0 Å². The summed E-state index contributed by atoms with van der Waals surface area (Å²) >= 11 is 0. The zero-order chi connectivity index (χ0) is 18.9. The van der Waals surface area contributed by atoms with Crippen LogP contribution in [0.2, 0.25) is 0 Å². The molecule has 0 atom stereocenters. The van der Waals surface area contributed by atoms with Crippen LogP contribution < -0.4 is 0 Å². The molecule has 0 aliphatic heterocycles. The number of aliphatic carboxylic acids is 3. The molecular weight excluding hydrogens is 276 g/mol. The fraction of sp³-hybridized carbons (Fsp3) is 0. The van der Waals surface area contributed by atoms with Crippen LogP contribution in [0.15, 0.2) is 77.4 Å². The lowest BCUT2D eigenvalue weighted by Gasteiger charge is -1.64. The Balaban J connectivity index is -0.0000000340. The minimum Gasteiger partial charge on any atom is -0.478 e. The van der Waals surface area contributed by atoms with Crippen molar-refractivity contribution in [3.05, 3.63) is 77.4 Å². The molecule has 0 unspecified atom stereocenters. The third-order valence-corrected chi connectivity index (χ3v) is 0.524. The number of carboxylic acids is 3. The third-order valence-electron chi connectivity index (χ3n) is 0.524. The summed E-state index contributed by atoms with van der Waals surface area (Å²) in [6.07, 6.45) is 2.50. The summed E-state index contributed by atoms with van der Waals surface area (Å²) in [4.78, 5) is 27.8. The quantitative estimate of drug-likeness (QED) is 0.545. The Bertz CT molecular complexity index is 247. The van der Waals surface area contributed by atoms with Crippen molar-refractivity contribution < 1.29 is 29.7 Å². The molecule has 21 heavy (non-hydrogen) atoms. The number of carboxylic acid groups (broad SMARTS) is 3. The predicted octanol–water partition coefficient (Wildman–Crippen LogP) is 3.18. The van der Waals surface area contributed by atoms with Gasteiger partial charge in [-0.3, -0.25) is 0 Å². The van der Waals surface area contributed by atoms with Crippen LogP contribution in [0.4, 0.5) is 0 Å². The van der Waals surface area contributed by atoms with E-state index >= 15 is 0 Å². The number of hydrogen-bond donors (Lipinski definition) is 3. The molecule has 3 N–H and O–H groups in total. The first-order valence-electron chi connectivity index (χ1n) is 4.87. The first-order valence-corrected chi connectivity index (χ1v) is 4.87. The summed E-state index contributed by atoms with van der Waals surface area (Å²) in [6.45, 7) is 26.9. The second-order valence-electron chi connectivity index (χ2n) is 1.63. The molecule has 0 saturated heterocycles. The molecule has 6 nitrogen and oxygen atoms in total. The van der Waals surface area contributed by atoms with Gasteiger partial charge in [0.25, 0.3) is 0 Å². The average molecular weight is 300 g/mol.